The SMILES string of the molecule is CC1(C)OC(=O)C2(Cc3cc([N+](=O)[O-])ccc3N3CCCCC[C@H]32)C(=O)O1. The van der Waals surface area contributed by atoms with E-state index in [0.717, 1.165) is 24.9 Å². The molecule has 0 saturated carbocycles. The van der Waals surface area contributed by atoms with Crippen molar-refractivity contribution in [3.05, 3.63) is 33.9 Å². The Balaban J connectivity index is 1.87. The summed E-state index contributed by atoms with van der Waals surface area (Å²) in [5.74, 6) is -2.51. The predicted molar refractivity (Wildman–Crippen MR) is 95.1 cm³/mol. The number of nitro benzene ring substituents is 1. The van der Waals surface area contributed by atoms with Gasteiger partial charge in [0, 0.05) is 44.6 Å². The number of hydrogen-bond donors (Lipinski definition) is 0. The molecule has 3 aliphatic heterocycles. The smallest absolute Gasteiger partial charge is 0.329 e. The van der Waals surface area contributed by atoms with Gasteiger partial charge < -0.3 is 14.4 Å². The first-order valence-electron chi connectivity index (χ1n) is 9.25. The number of anilines is 1. The predicted octanol–water partition coefficient (Wildman–Crippen LogP) is 2.72. The van der Waals surface area contributed by atoms with E-state index in [1.54, 1.807) is 6.07 Å². The number of carbonyl (C=O) groups excluding carboxylic acids is 2. The number of benzene rings is 1. The number of esters is 2. The Labute approximate surface area is 156 Å². The van der Waals surface area contributed by atoms with Gasteiger partial charge in [-0.3, -0.25) is 19.7 Å². The Morgan fingerprint density at radius 2 is 1.85 bits per heavy atom. The monoisotopic (exact) mass is 374 g/mol. The van der Waals surface area contributed by atoms with Gasteiger partial charge >= 0.3 is 11.9 Å². The van der Waals surface area contributed by atoms with E-state index in [1.165, 1.54) is 26.0 Å². The summed E-state index contributed by atoms with van der Waals surface area (Å²) < 4.78 is 11.0. The molecule has 8 nitrogen and oxygen atoms in total. The summed E-state index contributed by atoms with van der Waals surface area (Å²) in [6.07, 6.45) is 3.55. The highest BCUT2D eigenvalue weighted by atomic mass is 16.7. The van der Waals surface area contributed by atoms with Crippen LogP contribution in [0.25, 0.3) is 0 Å². The average Bonchev–Trinajstić information content (AvgIpc) is 2.84. The highest BCUT2D eigenvalue weighted by molar-refractivity contribution is 6.04. The van der Waals surface area contributed by atoms with Gasteiger partial charge in [0.25, 0.3) is 11.5 Å². The van der Waals surface area contributed by atoms with Crippen LogP contribution in [0.4, 0.5) is 11.4 Å². The molecule has 4 rings (SSSR count). The van der Waals surface area contributed by atoms with Crippen molar-refractivity contribution in [3.63, 3.8) is 0 Å². The van der Waals surface area contributed by atoms with Crippen LogP contribution in [-0.4, -0.2) is 35.2 Å². The van der Waals surface area contributed by atoms with Gasteiger partial charge in [0.05, 0.1) is 11.0 Å². The maximum atomic E-state index is 13.1. The average molecular weight is 374 g/mol. The van der Waals surface area contributed by atoms with E-state index < -0.39 is 28.1 Å². The van der Waals surface area contributed by atoms with Gasteiger partial charge in [-0.15, -0.1) is 0 Å². The zero-order valence-corrected chi connectivity index (χ0v) is 15.4. The Morgan fingerprint density at radius 1 is 1.15 bits per heavy atom. The normalized spacial score (nSPS) is 25.7. The van der Waals surface area contributed by atoms with Gasteiger partial charge in [-0.05, 0) is 24.5 Å². The molecule has 0 N–H and O–H groups in total. The van der Waals surface area contributed by atoms with Crippen LogP contribution in [0, 0.1) is 15.5 Å². The molecular weight excluding hydrogens is 352 g/mol. The van der Waals surface area contributed by atoms with Gasteiger partial charge in [0.15, 0.2) is 5.41 Å². The molecule has 2 saturated heterocycles. The molecule has 0 bridgehead atoms. The van der Waals surface area contributed by atoms with Crippen LogP contribution < -0.4 is 4.90 Å². The summed E-state index contributed by atoms with van der Waals surface area (Å²) in [6, 6.07) is 4.28. The number of rotatable bonds is 1. The van der Waals surface area contributed by atoms with Crippen molar-refractivity contribution < 1.29 is 24.0 Å². The van der Waals surface area contributed by atoms with E-state index in [0.29, 0.717) is 18.5 Å². The third kappa shape index (κ3) is 2.65. The zero-order chi connectivity index (χ0) is 19.4. The van der Waals surface area contributed by atoms with Crippen LogP contribution in [0.2, 0.25) is 0 Å². The molecular formula is C19H22N2O6. The molecule has 0 unspecified atom stereocenters. The van der Waals surface area contributed by atoms with Gasteiger partial charge in [0.1, 0.15) is 0 Å². The number of fused-ring (bicyclic) bond motifs is 4. The van der Waals surface area contributed by atoms with E-state index >= 15 is 0 Å². The number of nitrogens with zero attached hydrogens (tertiary/aromatic N) is 2. The summed E-state index contributed by atoms with van der Waals surface area (Å²) in [6.45, 7) is 3.74. The Kier molecular flexibility index (Phi) is 3.90. The maximum absolute atomic E-state index is 13.1. The van der Waals surface area contributed by atoms with Crippen molar-refractivity contribution in [3.8, 4) is 0 Å². The molecule has 0 aromatic heterocycles. The largest absolute Gasteiger partial charge is 0.422 e. The van der Waals surface area contributed by atoms with E-state index in [9.17, 15) is 19.7 Å². The van der Waals surface area contributed by atoms with E-state index in [4.69, 9.17) is 9.47 Å². The van der Waals surface area contributed by atoms with Crippen molar-refractivity contribution in [2.45, 2.75) is 57.8 Å². The second-order valence-corrected chi connectivity index (χ2v) is 7.96. The van der Waals surface area contributed by atoms with Crippen molar-refractivity contribution in [2.24, 2.45) is 5.41 Å². The maximum Gasteiger partial charge on any atom is 0.329 e. The summed E-state index contributed by atoms with van der Waals surface area (Å²) in [5, 5.41) is 11.2. The van der Waals surface area contributed by atoms with E-state index in [2.05, 4.69) is 4.90 Å². The van der Waals surface area contributed by atoms with Crippen molar-refractivity contribution in [1.82, 2.24) is 0 Å². The van der Waals surface area contributed by atoms with E-state index in [1.807, 2.05) is 0 Å². The van der Waals surface area contributed by atoms with E-state index in [-0.39, 0.29) is 18.2 Å². The van der Waals surface area contributed by atoms with Gasteiger partial charge in [-0.1, -0.05) is 12.8 Å². The molecule has 1 atom stereocenters. The molecule has 8 heteroatoms. The van der Waals surface area contributed by atoms with Gasteiger partial charge in [0.2, 0.25) is 0 Å². The lowest BCUT2D eigenvalue weighted by Gasteiger charge is -2.51. The minimum atomic E-state index is -1.48. The Hall–Kier alpha value is -2.64. The van der Waals surface area contributed by atoms with Crippen molar-refractivity contribution >= 4 is 23.3 Å². The number of non-ortho nitro benzene ring substituents is 1. The van der Waals surface area contributed by atoms with Crippen molar-refractivity contribution in [2.75, 3.05) is 11.4 Å². The highest BCUT2D eigenvalue weighted by Crippen LogP contribution is 2.49. The lowest BCUT2D eigenvalue weighted by atomic mass is 9.69. The number of hydrogen-bond acceptors (Lipinski definition) is 7. The molecule has 27 heavy (non-hydrogen) atoms. The molecule has 1 spiro atoms. The number of nitro groups is 1. The Bertz CT molecular complexity index is 813. The molecule has 2 fully saturated rings. The van der Waals surface area contributed by atoms with Gasteiger partial charge in [-0.25, -0.2) is 0 Å². The fourth-order valence-electron chi connectivity index (χ4n) is 4.58. The highest BCUT2D eigenvalue weighted by Gasteiger charge is 2.63. The van der Waals surface area contributed by atoms with Crippen LogP contribution in [0.15, 0.2) is 18.2 Å². The first-order valence-corrected chi connectivity index (χ1v) is 9.25. The zero-order valence-electron chi connectivity index (χ0n) is 15.4. The standard InChI is InChI=1S/C19H22N2O6/c1-18(2)26-16(22)19(17(23)27-18)11-12-10-13(21(24)25)7-8-14(12)20-9-5-3-4-6-15(19)20/h7-8,10,15H,3-6,9,11H2,1-2H3/t15-/m0/s1. The van der Waals surface area contributed by atoms with Crippen LogP contribution in [0.3, 0.4) is 0 Å². The summed E-state index contributed by atoms with van der Waals surface area (Å²) in [5.41, 5.74) is -0.0863. The van der Waals surface area contributed by atoms with Crippen LogP contribution >= 0.6 is 0 Å². The topological polar surface area (TPSA) is 99.0 Å². The lowest BCUT2D eigenvalue weighted by Crippen LogP contribution is -2.65. The van der Waals surface area contributed by atoms with Crippen LogP contribution in [-0.2, 0) is 25.5 Å². The third-order valence-electron chi connectivity index (χ3n) is 5.78. The molecule has 144 valence electrons. The van der Waals surface area contributed by atoms with Crippen LogP contribution in [0.1, 0.15) is 45.1 Å². The molecule has 1 aromatic rings. The number of ether oxygens (including phenoxy) is 2. The second-order valence-electron chi connectivity index (χ2n) is 7.96. The first kappa shape index (κ1) is 17.8. The first-order chi connectivity index (χ1) is 12.7. The van der Waals surface area contributed by atoms with Crippen molar-refractivity contribution in [1.29, 1.82) is 0 Å². The second kappa shape index (κ2) is 5.94. The fourth-order valence-corrected chi connectivity index (χ4v) is 4.58. The lowest BCUT2D eigenvalue weighted by molar-refractivity contribution is -0.384. The molecule has 1 aromatic carbocycles. The summed E-state index contributed by atoms with van der Waals surface area (Å²) in [7, 11) is 0. The van der Waals surface area contributed by atoms with Gasteiger partial charge in [-0.2, -0.15) is 0 Å². The molecule has 0 radical (unpaired) electrons. The third-order valence-corrected chi connectivity index (χ3v) is 5.78. The number of carbonyl (C=O) groups is 2. The number of cyclic esters (lactones) is 2. The quantitative estimate of drug-likeness (QED) is 0.322. The molecule has 0 amide bonds. The molecule has 0 aliphatic carbocycles. The minimum Gasteiger partial charge on any atom is -0.422 e. The summed E-state index contributed by atoms with van der Waals surface area (Å²) >= 11 is 0. The molecule has 3 aliphatic rings. The minimum absolute atomic E-state index is 0.0545. The fraction of sp³-hybridized carbons (Fsp3) is 0.579. The molecule has 3 heterocycles. The van der Waals surface area contributed by atoms with Crippen LogP contribution in [0.5, 0.6) is 0 Å². The Morgan fingerprint density at radius 3 is 2.52 bits per heavy atom. The summed E-state index contributed by atoms with van der Waals surface area (Å²) in [4.78, 5) is 39.0.